The zero-order chi connectivity index (χ0) is 15.2. The molecule has 0 aliphatic heterocycles. The Morgan fingerprint density at radius 1 is 1.24 bits per heavy atom. The van der Waals surface area contributed by atoms with Gasteiger partial charge in [0.1, 0.15) is 5.75 Å². The van der Waals surface area contributed by atoms with Crippen molar-refractivity contribution in [3.63, 3.8) is 0 Å². The van der Waals surface area contributed by atoms with E-state index >= 15 is 0 Å². The molecule has 0 aliphatic carbocycles. The van der Waals surface area contributed by atoms with Gasteiger partial charge in [0.15, 0.2) is 0 Å². The van der Waals surface area contributed by atoms with Crippen LogP contribution >= 0.6 is 15.9 Å². The van der Waals surface area contributed by atoms with Crippen molar-refractivity contribution in [1.29, 1.82) is 0 Å². The second-order valence-electron chi connectivity index (χ2n) is 4.99. The fourth-order valence-corrected chi connectivity index (χ4v) is 3.02. The molecule has 0 amide bonds. The Bertz CT molecular complexity index is 574. The van der Waals surface area contributed by atoms with Gasteiger partial charge in [0.25, 0.3) is 0 Å². The van der Waals surface area contributed by atoms with Crippen LogP contribution in [0.1, 0.15) is 36.9 Å². The van der Waals surface area contributed by atoms with E-state index in [0.717, 1.165) is 16.8 Å². The molecule has 1 heterocycles. The Morgan fingerprint density at radius 2 is 1.95 bits per heavy atom. The third-order valence-corrected chi connectivity index (χ3v) is 4.42. The molecule has 0 saturated heterocycles. The van der Waals surface area contributed by atoms with Gasteiger partial charge < -0.3 is 10.1 Å². The van der Waals surface area contributed by atoms with Crippen LogP contribution in [0.25, 0.3) is 0 Å². The third-order valence-electron chi connectivity index (χ3n) is 3.69. The van der Waals surface area contributed by atoms with E-state index in [2.05, 4.69) is 58.3 Å². The van der Waals surface area contributed by atoms with Crippen molar-refractivity contribution >= 4 is 15.9 Å². The molecule has 1 aromatic heterocycles. The molecule has 3 nitrogen and oxygen atoms in total. The summed E-state index contributed by atoms with van der Waals surface area (Å²) in [5, 5.41) is 3.58. The topological polar surface area (TPSA) is 34.1 Å². The lowest BCUT2D eigenvalue weighted by Gasteiger charge is -2.27. The first-order chi connectivity index (χ1) is 10.2. The van der Waals surface area contributed by atoms with Crippen LogP contribution in [-0.2, 0) is 0 Å². The number of hydrogen-bond donors (Lipinski definition) is 1. The second kappa shape index (κ2) is 7.57. The first-order valence-corrected chi connectivity index (χ1v) is 7.93. The van der Waals surface area contributed by atoms with E-state index in [1.807, 2.05) is 24.5 Å². The average molecular weight is 349 g/mol. The summed E-state index contributed by atoms with van der Waals surface area (Å²) in [7, 11) is 1.70. The molecule has 112 valence electrons. The highest BCUT2D eigenvalue weighted by atomic mass is 79.9. The maximum atomic E-state index is 5.36. The number of ether oxygens (including phenoxy) is 1. The normalized spacial score (nSPS) is 13.7. The predicted octanol–water partition coefficient (Wildman–Crippen LogP) is 4.31. The number of benzene rings is 1. The Balaban J connectivity index is 2.39. The van der Waals surface area contributed by atoms with E-state index < -0.39 is 0 Å². The van der Waals surface area contributed by atoms with Crippen LogP contribution in [-0.4, -0.2) is 18.6 Å². The average Bonchev–Trinajstić information content (AvgIpc) is 2.53. The first-order valence-electron chi connectivity index (χ1n) is 7.14. The third kappa shape index (κ3) is 3.83. The standard InChI is InChI=1S/C17H21BrN2O/c1-4-20-17(12(2)13-7-9-19-10-8-13)15-11-14(21-3)5-6-16(15)18/h5-12,17,20H,4H2,1-3H3. The largest absolute Gasteiger partial charge is 0.497 e. The van der Waals surface area contributed by atoms with Crippen LogP contribution in [0.5, 0.6) is 5.75 Å². The van der Waals surface area contributed by atoms with Crippen molar-refractivity contribution in [2.75, 3.05) is 13.7 Å². The highest BCUT2D eigenvalue weighted by molar-refractivity contribution is 9.10. The Hall–Kier alpha value is -1.39. The van der Waals surface area contributed by atoms with Crippen LogP contribution in [0.3, 0.4) is 0 Å². The van der Waals surface area contributed by atoms with Gasteiger partial charge >= 0.3 is 0 Å². The molecule has 1 aromatic carbocycles. The number of methoxy groups -OCH3 is 1. The summed E-state index contributed by atoms with van der Waals surface area (Å²) in [4.78, 5) is 4.10. The molecule has 0 bridgehead atoms. The van der Waals surface area contributed by atoms with Crippen molar-refractivity contribution in [3.05, 3.63) is 58.3 Å². The lowest BCUT2D eigenvalue weighted by atomic mass is 9.89. The summed E-state index contributed by atoms with van der Waals surface area (Å²) < 4.78 is 6.46. The van der Waals surface area contributed by atoms with Crippen LogP contribution in [0, 0.1) is 0 Å². The number of aromatic nitrogens is 1. The number of nitrogens with one attached hydrogen (secondary N) is 1. The van der Waals surface area contributed by atoms with Gasteiger partial charge in [-0.15, -0.1) is 0 Å². The van der Waals surface area contributed by atoms with Crippen molar-refractivity contribution < 1.29 is 4.74 Å². The van der Waals surface area contributed by atoms with E-state index in [0.29, 0.717) is 5.92 Å². The maximum Gasteiger partial charge on any atom is 0.119 e. The molecular formula is C17H21BrN2O. The van der Waals surface area contributed by atoms with E-state index in [1.54, 1.807) is 7.11 Å². The second-order valence-corrected chi connectivity index (χ2v) is 5.85. The van der Waals surface area contributed by atoms with Gasteiger partial charge in [-0.3, -0.25) is 4.98 Å². The number of pyridine rings is 1. The first kappa shape index (κ1) is 16.0. The summed E-state index contributed by atoms with van der Waals surface area (Å²) in [6.45, 7) is 5.26. The van der Waals surface area contributed by atoms with Crippen molar-refractivity contribution in [2.24, 2.45) is 0 Å². The van der Waals surface area contributed by atoms with Gasteiger partial charge in [0.05, 0.1) is 7.11 Å². The number of hydrogen-bond acceptors (Lipinski definition) is 3. The number of nitrogens with zero attached hydrogens (tertiary/aromatic N) is 1. The van der Waals surface area contributed by atoms with E-state index in [-0.39, 0.29) is 6.04 Å². The molecule has 0 saturated carbocycles. The number of rotatable bonds is 6. The monoisotopic (exact) mass is 348 g/mol. The molecule has 0 radical (unpaired) electrons. The van der Waals surface area contributed by atoms with E-state index in [4.69, 9.17) is 4.74 Å². The smallest absolute Gasteiger partial charge is 0.119 e. The maximum absolute atomic E-state index is 5.36. The van der Waals surface area contributed by atoms with Gasteiger partial charge in [-0.05, 0) is 48.0 Å². The Morgan fingerprint density at radius 3 is 2.57 bits per heavy atom. The van der Waals surface area contributed by atoms with Gasteiger partial charge in [0.2, 0.25) is 0 Å². The minimum absolute atomic E-state index is 0.210. The minimum Gasteiger partial charge on any atom is -0.497 e. The van der Waals surface area contributed by atoms with E-state index in [1.165, 1.54) is 11.1 Å². The van der Waals surface area contributed by atoms with Gasteiger partial charge in [-0.2, -0.15) is 0 Å². The zero-order valence-corrected chi connectivity index (χ0v) is 14.2. The molecule has 21 heavy (non-hydrogen) atoms. The SMILES string of the molecule is CCNC(c1cc(OC)ccc1Br)C(C)c1ccncc1. The molecule has 0 aliphatic rings. The Kier molecular flexibility index (Phi) is 5.76. The molecule has 0 fully saturated rings. The van der Waals surface area contributed by atoms with Crippen LogP contribution in [0.15, 0.2) is 47.2 Å². The zero-order valence-electron chi connectivity index (χ0n) is 12.6. The van der Waals surface area contributed by atoms with Crippen molar-refractivity contribution in [1.82, 2.24) is 10.3 Å². The number of halogens is 1. The fourth-order valence-electron chi connectivity index (χ4n) is 2.52. The van der Waals surface area contributed by atoms with Gasteiger partial charge in [0, 0.05) is 28.8 Å². The summed E-state index contributed by atoms with van der Waals surface area (Å²) in [5.74, 6) is 1.20. The fraction of sp³-hybridized carbons (Fsp3) is 0.353. The van der Waals surface area contributed by atoms with E-state index in [9.17, 15) is 0 Å². The summed E-state index contributed by atoms with van der Waals surface area (Å²) in [5.41, 5.74) is 2.48. The molecule has 1 N–H and O–H groups in total. The van der Waals surface area contributed by atoms with Crippen molar-refractivity contribution in [2.45, 2.75) is 25.8 Å². The Labute approximate surface area is 134 Å². The highest BCUT2D eigenvalue weighted by Crippen LogP contribution is 2.36. The lowest BCUT2D eigenvalue weighted by molar-refractivity contribution is 0.411. The molecule has 2 rings (SSSR count). The highest BCUT2D eigenvalue weighted by Gasteiger charge is 2.22. The molecule has 4 heteroatoms. The van der Waals surface area contributed by atoms with Crippen molar-refractivity contribution in [3.8, 4) is 5.75 Å². The summed E-state index contributed by atoms with van der Waals surface area (Å²) in [6.07, 6.45) is 3.69. The quantitative estimate of drug-likeness (QED) is 0.844. The van der Waals surface area contributed by atoms with Gasteiger partial charge in [-0.1, -0.05) is 29.8 Å². The molecule has 2 atom stereocenters. The summed E-state index contributed by atoms with van der Waals surface area (Å²) >= 11 is 3.66. The minimum atomic E-state index is 0.210. The molecule has 0 spiro atoms. The molecular weight excluding hydrogens is 328 g/mol. The lowest BCUT2D eigenvalue weighted by Crippen LogP contribution is -2.26. The predicted molar refractivity (Wildman–Crippen MR) is 89.8 cm³/mol. The molecule has 2 aromatic rings. The van der Waals surface area contributed by atoms with Gasteiger partial charge in [-0.25, -0.2) is 0 Å². The van der Waals surface area contributed by atoms with Crippen LogP contribution < -0.4 is 10.1 Å². The van der Waals surface area contributed by atoms with Crippen LogP contribution in [0.4, 0.5) is 0 Å². The van der Waals surface area contributed by atoms with Crippen LogP contribution in [0.2, 0.25) is 0 Å². The molecule has 2 unspecified atom stereocenters. The number of likely N-dealkylation sites (N-methyl/N-ethyl adjacent to an activating group) is 1. The summed E-state index contributed by atoms with van der Waals surface area (Å²) in [6, 6.07) is 10.5.